The summed E-state index contributed by atoms with van der Waals surface area (Å²) in [6, 6.07) is 2.71. The highest BCUT2D eigenvalue weighted by Crippen LogP contribution is 2.25. The first-order valence-electron chi connectivity index (χ1n) is 4.85. The van der Waals surface area contributed by atoms with Crippen molar-refractivity contribution in [3.8, 4) is 0 Å². The number of nitrogens with zero attached hydrogens (tertiary/aromatic N) is 1. The van der Waals surface area contributed by atoms with Gasteiger partial charge in [-0.2, -0.15) is 0 Å². The monoisotopic (exact) mass is 242 g/mol. The minimum Gasteiger partial charge on any atom is -0.468 e. The van der Waals surface area contributed by atoms with E-state index in [2.05, 4.69) is 9.72 Å². The van der Waals surface area contributed by atoms with Crippen LogP contribution in [0.3, 0.4) is 0 Å². The van der Waals surface area contributed by atoms with Crippen molar-refractivity contribution in [1.29, 1.82) is 0 Å². The maximum atomic E-state index is 11.4. The summed E-state index contributed by atoms with van der Waals surface area (Å²) in [4.78, 5) is 15.6. The molecule has 0 amide bonds. The summed E-state index contributed by atoms with van der Waals surface area (Å²) >= 11 is 5.75. The lowest BCUT2D eigenvalue weighted by molar-refractivity contribution is -0.143. The van der Waals surface area contributed by atoms with Crippen molar-refractivity contribution >= 4 is 17.6 Å². The molecule has 5 heteroatoms. The Bertz CT molecular complexity index is 376. The second kappa shape index (κ2) is 4.80. The fourth-order valence-electron chi connectivity index (χ4n) is 1.34. The van der Waals surface area contributed by atoms with Crippen LogP contribution < -0.4 is 5.73 Å². The van der Waals surface area contributed by atoms with Crippen molar-refractivity contribution in [3.63, 3.8) is 0 Å². The van der Waals surface area contributed by atoms with E-state index in [1.807, 2.05) is 13.8 Å². The number of hydrogen-bond donors (Lipinski definition) is 1. The number of carbonyl (C=O) groups is 1. The van der Waals surface area contributed by atoms with Gasteiger partial charge >= 0.3 is 5.97 Å². The van der Waals surface area contributed by atoms with Crippen molar-refractivity contribution in [2.45, 2.75) is 25.3 Å². The van der Waals surface area contributed by atoms with E-state index in [0.717, 1.165) is 0 Å². The third-order valence-corrected chi connectivity index (χ3v) is 2.84. The molecule has 0 radical (unpaired) electrons. The molecule has 1 aromatic rings. The molecule has 0 aromatic carbocycles. The zero-order valence-corrected chi connectivity index (χ0v) is 10.3. The second-order valence-electron chi connectivity index (χ2n) is 4.08. The zero-order chi connectivity index (χ0) is 12.3. The van der Waals surface area contributed by atoms with Crippen LogP contribution in [0, 0.1) is 0 Å². The van der Waals surface area contributed by atoms with Gasteiger partial charge in [0.1, 0.15) is 6.04 Å². The molecule has 0 fully saturated rings. The molecule has 0 saturated carbocycles. The molecule has 0 bridgehead atoms. The van der Waals surface area contributed by atoms with Crippen LogP contribution in [0.2, 0.25) is 5.02 Å². The molecule has 1 unspecified atom stereocenters. The Morgan fingerprint density at radius 3 is 2.62 bits per heavy atom. The Morgan fingerprint density at radius 1 is 1.56 bits per heavy atom. The van der Waals surface area contributed by atoms with Crippen molar-refractivity contribution in [2.24, 2.45) is 5.73 Å². The van der Waals surface area contributed by atoms with Gasteiger partial charge in [-0.05, 0) is 12.1 Å². The van der Waals surface area contributed by atoms with Crippen molar-refractivity contribution in [2.75, 3.05) is 7.11 Å². The van der Waals surface area contributed by atoms with Crippen LogP contribution in [0.5, 0.6) is 0 Å². The minimum absolute atomic E-state index is 0.457. The SMILES string of the molecule is COC(=O)C(N)C(C)(C)c1ccc(Cl)cn1. The Balaban J connectivity index is 3.01. The van der Waals surface area contributed by atoms with E-state index in [0.29, 0.717) is 10.7 Å². The number of halogens is 1. The molecule has 0 aliphatic heterocycles. The van der Waals surface area contributed by atoms with E-state index >= 15 is 0 Å². The highest BCUT2D eigenvalue weighted by Gasteiger charge is 2.35. The number of pyridine rings is 1. The lowest BCUT2D eigenvalue weighted by Gasteiger charge is -2.28. The molecule has 88 valence electrons. The Kier molecular flexibility index (Phi) is 3.88. The van der Waals surface area contributed by atoms with Crippen LogP contribution in [0.15, 0.2) is 18.3 Å². The maximum absolute atomic E-state index is 11.4. The number of esters is 1. The van der Waals surface area contributed by atoms with Crippen molar-refractivity contribution in [1.82, 2.24) is 4.98 Å². The van der Waals surface area contributed by atoms with E-state index in [-0.39, 0.29) is 0 Å². The van der Waals surface area contributed by atoms with Gasteiger partial charge in [0, 0.05) is 17.3 Å². The molecule has 0 aliphatic carbocycles. The van der Waals surface area contributed by atoms with Crippen LogP contribution in [0.4, 0.5) is 0 Å². The molecule has 1 rings (SSSR count). The van der Waals surface area contributed by atoms with Crippen LogP contribution in [-0.2, 0) is 14.9 Å². The predicted octanol–water partition coefficient (Wildman–Crippen LogP) is 1.51. The van der Waals surface area contributed by atoms with Gasteiger partial charge in [0.2, 0.25) is 0 Å². The normalized spacial score (nSPS) is 13.3. The standard InChI is InChI=1S/C11H15ClN2O2/c1-11(2,9(13)10(15)16-3)8-5-4-7(12)6-14-8/h4-6,9H,13H2,1-3H3. The summed E-state index contributed by atoms with van der Waals surface area (Å²) in [7, 11) is 1.31. The Hall–Kier alpha value is -1.13. The number of nitrogens with two attached hydrogens (primary N) is 1. The highest BCUT2D eigenvalue weighted by atomic mass is 35.5. The number of methoxy groups -OCH3 is 1. The average molecular weight is 243 g/mol. The number of carbonyl (C=O) groups excluding carboxylic acids is 1. The summed E-state index contributed by atoms with van der Waals surface area (Å²) in [6.07, 6.45) is 1.53. The van der Waals surface area contributed by atoms with Gasteiger partial charge < -0.3 is 10.5 Å². The van der Waals surface area contributed by atoms with Crippen LogP contribution in [0.25, 0.3) is 0 Å². The van der Waals surface area contributed by atoms with Gasteiger partial charge in [0.25, 0.3) is 0 Å². The Labute approximate surface area is 99.8 Å². The average Bonchev–Trinajstić information content (AvgIpc) is 2.27. The van der Waals surface area contributed by atoms with E-state index < -0.39 is 17.4 Å². The molecule has 16 heavy (non-hydrogen) atoms. The van der Waals surface area contributed by atoms with E-state index in [1.54, 1.807) is 12.1 Å². The molecule has 2 N–H and O–H groups in total. The molecule has 0 spiro atoms. The summed E-state index contributed by atoms with van der Waals surface area (Å²) in [5.41, 5.74) is 5.93. The third-order valence-electron chi connectivity index (χ3n) is 2.62. The second-order valence-corrected chi connectivity index (χ2v) is 4.52. The van der Waals surface area contributed by atoms with Crippen LogP contribution in [-0.4, -0.2) is 24.1 Å². The molecule has 4 nitrogen and oxygen atoms in total. The molecule has 1 heterocycles. The van der Waals surface area contributed by atoms with E-state index in [1.165, 1.54) is 13.3 Å². The highest BCUT2D eigenvalue weighted by molar-refractivity contribution is 6.30. The minimum atomic E-state index is -0.758. The fourth-order valence-corrected chi connectivity index (χ4v) is 1.45. The van der Waals surface area contributed by atoms with Crippen molar-refractivity contribution < 1.29 is 9.53 Å². The van der Waals surface area contributed by atoms with Crippen molar-refractivity contribution in [3.05, 3.63) is 29.0 Å². The fraction of sp³-hybridized carbons (Fsp3) is 0.455. The number of hydrogen-bond acceptors (Lipinski definition) is 4. The smallest absolute Gasteiger partial charge is 0.323 e. The Morgan fingerprint density at radius 2 is 2.19 bits per heavy atom. The van der Waals surface area contributed by atoms with Gasteiger partial charge in [-0.25, -0.2) is 0 Å². The first-order valence-corrected chi connectivity index (χ1v) is 5.23. The summed E-state index contributed by atoms with van der Waals surface area (Å²) < 4.78 is 4.63. The largest absolute Gasteiger partial charge is 0.468 e. The summed E-state index contributed by atoms with van der Waals surface area (Å²) in [5.74, 6) is -0.457. The summed E-state index contributed by atoms with van der Waals surface area (Å²) in [6.45, 7) is 3.68. The van der Waals surface area contributed by atoms with E-state index in [9.17, 15) is 4.79 Å². The lowest BCUT2D eigenvalue weighted by Crippen LogP contribution is -2.47. The maximum Gasteiger partial charge on any atom is 0.323 e. The number of aromatic nitrogens is 1. The molecule has 0 aliphatic rings. The third kappa shape index (κ3) is 2.51. The zero-order valence-electron chi connectivity index (χ0n) is 9.53. The first-order chi connectivity index (χ1) is 7.39. The lowest BCUT2D eigenvalue weighted by atomic mass is 9.81. The van der Waals surface area contributed by atoms with Gasteiger partial charge in [-0.1, -0.05) is 25.4 Å². The van der Waals surface area contributed by atoms with Gasteiger partial charge in [-0.15, -0.1) is 0 Å². The van der Waals surface area contributed by atoms with Crippen LogP contribution >= 0.6 is 11.6 Å². The van der Waals surface area contributed by atoms with E-state index in [4.69, 9.17) is 17.3 Å². The number of ether oxygens (including phenoxy) is 1. The molecule has 1 atom stereocenters. The van der Waals surface area contributed by atoms with Gasteiger partial charge in [0.05, 0.1) is 12.1 Å². The predicted molar refractivity (Wildman–Crippen MR) is 62.3 cm³/mol. The molecular weight excluding hydrogens is 228 g/mol. The summed E-state index contributed by atoms with van der Waals surface area (Å²) in [5, 5.41) is 0.547. The van der Waals surface area contributed by atoms with Crippen LogP contribution in [0.1, 0.15) is 19.5 Å². The molecule has 0 saturated heterocycles. The number of rotatable bonds is 3. The molecular formula is C11H15ClN2O2. The van der Waals surface area contributed by atoms with Gasteiger partial charge in [0.15, 0.2) is 0 Å². The topological polar surface area (TPSA) is 65.2 Å². The first kappa shape index (κ1) is 12.9. The quantitative estimate of drug-likeness (QED) is 0.816. The van der Waals surface area contributed by atoms with Gasteiger partial charge in [-0.3, -0.25) is 9.78 Å². The molecule has 1 aromatic heterocycles.